The number of benzene rings is 2. The van der Waals surface area contributed by atoms with Crippen LogP contribution in [-0.4, -0.2) is 16.2 Å². The van der Waals surface area contributed by atoms with Gasteiger partial charge in [0.25, 0.3) is 0 Å². The van der Waals surface area contributed by atoms with E-state index in [9.17, 15) is 15.0 Å². The van der Waals surface area contributed by atoms with Crippen molar-refractivity contribution in [3.63, 3.8) is 0 Å². The highest BCUT2D eigenvalue weighted by Gasteiger charge is 2.10. The van der Waals surface area contributed by atoms with Crippen LogP contribution in [0.25, 0.3) is 10.8 Å². The van der Waals surface area contributed by atoms with Crippen LogP contribution in [-0.2, 0) is 0 Å². The summed E-state index contributed by atoms with van der Waals surface area (Å²) in [7, 11) is 0. The standard InChI is InChI=1S/C11H8O4/c12-9-3-1-2-6-4-8(11(14)15)10(13)5-7(6)9/h1-5,12-13H,(H,14,15)/p-1. The highest BCUT2D eigenvalue weighted by Crippen LogP contribution is 2.29. The summed E-state index contributed by atoms with van der Waals surface area (Å²) in [5.74, 6) is -1.84. The molecule has 76 valence electrons. The van der Waals surface area contributed by atoms with Crippen LogP contribution in [0.1, 0.15) is 10.4 Å². The lowest BCUT2D eigenvalue weighted by atomic mass is 10.1. The lowest BCUT2D eigenvalue weighted by Crippen LogP contribution is -1.97. The van der Waals surface area contributed by atoms with Gasteiger partial charge in [0.2, 0.25) is 0 Å². The van der Waals surface area contributed by atoms with E-state index in [4.69, 9.17) is 5.11 Å². The van der Waals surface area contributed by atoms with E-state index in [1.165, 1.54) is 18.2 Å². The second-order valence-electron chi connectivity index (χ2n) is 3.15. The molecule has 2 aromatic rings. The van der Waals surface area contributed by atoms with Crippen molar-refractivity contribution >= 4 is 16.7 Å². The topological polar surface area (TPSA) is 80.6 Å². The van der Waals surface area contributed by atoms with E-state index in [-0.39, 0.29) is 11.3 Å². The minimum atomic E-state index is -1.22. The summed E-state index contributed by atoms with van der Waals surface area (Å²) >= 11 is 0. The highest BCUT2D eigenvalue weighted by molar-refractivity contribution is 5.99. The molecule has 0 unspecified atom stereocenters. The minimum Gasteiger partial charge on any atom is -0.872 e. The van der Waals surface area contributed by atoms with Crippen molar-refractivity contribution in [2.75, 3.05) is 0 Å². The van der Waals surface area contributed by atoms with Gasteiger partial charge in [0.15, 0.2) is 0 Å². The van der Waals surface area contributed by atoms with Gasteiger partial charge in [0.05, 0.1) is 0 Å². The Bertz CT molecular complexity index is 546. The number of hydrogen-bond acceptors (Lipinski definition) is 3. The van der Waals surface area contributed by atoms with Crippen molar-refractivity contribution in [3.8, 4) is 11.5 Å². The molecule has 0 spiro atoms. The normalized spacial score (nSPS) is 10.4. The lowest BCUT2D eigenvalue weighted by Gasteiger charge is -2.11. The molecule has 2 rings (SSSR count). The molecule has 0 saturated heterocycles. The van der Waals surface area contributed by atoms with Crippen molar-refractivity contribution in [1.82, 2.24) is 0 Å². The molecular weight excluding hydrogens is 196 g/mol. The van der Waals surface area contributed by atoms with Gasteiger partial charge in [-0.25, -0.2) is 4.79 Å². The summed E-state index contributed by atoms with van der Waals surface area (Å²) in [6.07, 6.45) is 0. The number of carboxylic acids is 1. The SMILES string of the molecule is O=C(O)c1cc2cccc([O-])c2cc1O. The number of carbonyl (C=O) groups is 1. The Morgan fingerprint density at radius 3 is 2.67 bits per heavy atom. The van der Waals surface area contributed by atoms with Crippen LogP contribution >= 0.6 is 0 Å². The molecule has 0 saturated carbocycles. The van der Waals surface area contributed by atoms with Gasteiger partial charge < -0.3 is 15.3 Å². The fourth-order valence-corrected chi connectivity index (χ4v) is 1.46. The van der Waals surface area contributed by atoms with Crippen LogP contribution in [0.5, 0.6) is 11.5 Å². The fourth-order valence-electron chi connectivity index (χ4n) is 1.46. The van der Waals surface area contributed by atoms with Gasteiger partial charge in [0.1, 0.15) is 11.3 Å². The summed E-state index contributed by atoms with van der Waals surface area (Å²) in [4.78, 5) is 10.7. The maximum absolute atomic E-state index is 11.4. The monoisotopic (exact) mass is 203 g/mol. The third-order valence-corrected chi connectivity index (χ3v) is 2.19. The first-order valence-electron chi connectivity index (χ1n) is 4.25. The van der Waals surface area contributed by atoms with Gasteiger partial charge in [-0.1, -0.05) is 18.2 Å². The average molecular weight is 203 g/mol. The number of hydrogen-bond donors (Lipinski definition) is 2. The zero-order chi connectivity index (χ0) is 11.0. The van der Waals surface area contributed by atoms with Crippen molar-refractivity contribution in [2.45, 2.75) is 0 Å². The van der Waals surface area contributed by atoms with Crippen LogP contribution in [0.3, 0.4) is 0 Å². The zero-order valence-corrected chi connectivity index (χ0v) is 7.60. The van der Waals surface area contributed by atoms with Crippen molar-refractivity contribution < 1.29 is 20.1 Å². The number of carboxylic acid groups (broad SMARTS) is 1. The number of rotatable bonds is 1. The molecule has 2 N–H and O–H groups in total. The third-order valence-electron chi connectivity index (χ3n) is 2.19. The molecule has 15 heavy (non-hydrogen) atoms. The quantitative estimate of drug-likeness (QED) is 0.732. The first kappa shape index (κ1) is 9.33. The van der Waals surface area contributed by atoms with E-state index in [1.807, 2.05) is 0 Å². The van der Waals surface area contributed by atoms with E-state index in [2.05, 4.69) is 0 Å². The molecule has 0 fully saturated rings. The van der Waals surface area contributed by atoms with Gasteiger partial charge >= 0.3 is 5.97 Å². The van der Waals surface area contributed by atoms with Crippen molar-refractivity contribution in [3.05, 3.63) is 35.9 Å². The van der Waals surface area contributed by atoms with Crippen molar-refractivity contribution in [1.29, 1.82) is 0 Å². The highest BCUT2D eigenvalue weighted by atomic mass is 16.4. The van der Waals surface area contributed by atoms with Gasteiger partial charge in [-0.15, -0.1) is 5.75 Å². The van der Waals surface area contributed by atoms with E-state index in [0.717, 1.165) is 0 Å². The predicted molar refractivity (Wildman–Crippen MR) is 52.0 cm³/mol. The molecule has 4 nitrogen and oxygen atoms in total. The van der Waals surface area contributed by atoms with Crippen LogP contribution in [0.2, 0.25) is 0 Å². The molecule has 0 atom stereocenters. The minimum absolute atomic E-state index is 0.201. The molecule has 0 aliphatic rings. The van der Waals surface area contributed by atoms with Crippen LogP contribution in [0, 0.1) is 0 Å². The fraction of sp³-hybridized carbons (Fsp3) is 0. The molecule has 0 radical (unpaired) electrons. The Morgan fingerprint density at radius 2 is 2.00 bits per heavy atom. The number of phenols is 1. The lowest BCUT2D eigenvalue weighted by molar-refractivity contribution is -0.265. The Balaban J connectivity index is 2.82. The summed E-state index contributed by atoms with van der Waals surface area (Å²) in [5.41, 5.74) is -0.201. The van der Waals surface area contributed by atoms with E-state index in [0.29, 0.717) is 10.8 Å². The molecule has 0 aliphatic heterocycles. The number of aromatic hydroxyl groups is 1. The molecule has 0 aromatic heterocycles. The van der Waals surface area contributed by atoms with E-state index >= 15 is 0 Å². The van der Waals surface area contributed by atoms with E-state index in [1.54, 1.807) is 12.1 Å². The smallest absolute Gasteiger partial charge is 0.339 e. The maximum atomic E-state index is 11.4. The average Bonchev–Trinajstić information content (AvgIpc) is 2.18. The van der Waals surface area contributed by atoms with Crippen LogP contribution in [0.15, 0.2) is 30.3 Å². The Hall–Kier alpha value is -2.23. The molecule has 2 aromatic carbocycles. The summed E-state index contributed by atoms with van der Waals surface area (Å²) in [6, 6.07) is 7.01. The molecule has 0 heterocycles. The first-order chi connectivity index (χ1) is 7.09. The van der Waals surface area contributed by atoms with Gasteiger partial charge in [-0.05, 0) is 22.9 Å². The zero-order valence-electron chi connectivity index (χ0n) is 7.60. The Kier molecular flexibility index (Phi) is 1.97. The Morgan fingerprint density at radius 1 is 1.27 bits per heavy atom. The van der Waals surface area contributed by atoms with Gasteiger partial charge in [-0.2, -0.15) is 0 Å². The molecule has 0 amide bonds. The van der Waals surface area contributed by atoms with Crippen LogP contribution in [0.4, 0.5) is 0 Å². The summed E-state index contributed by atoms with van der Waals surface area (Å²) in [5, 5.41) is 30.3. The molecule has 4 heteroatoms. The molecular formula is C11H7O4-. The number of fused-ring (bicyclic) bond motifs is 1. The molecule has 0 aliphatic carbocycles. The van der Waals surface area contributed by atoms with Gasteiger partial charge in [0, 0.05) is 0 Å². The third kappa shape index (κ3) is 1.46. The van der Waals surface area contributed by atoms with Gasteiger partial charge in [-0.3, -0.25) is 0 Å². The second-order valence-corrected chi connectivity index (χ2v) is 3.15. The van der Waals surface area contributed by atoms with Crippen molar-refractivity contribution in [2.24, 2.45) is 0 Å². The number of aromatic carboxylic acids is 1. The predicted octanol–water partition coefficient (Wildman–Crippen LogP) is 1.32. The van der Waals surface area contributed by atoms with E-state index < -0.39 is 11.7 Å². The largest absolute Gasteiger partial charge is 0.872 e. The first-order valence-corrected chi connectivity index (χ1v) is 4.25. The van der Waals surface area contributed by atoms with Crippen LogP contribution < -0.4 is 5.11 Å². The Labute approximate surface area is 85.0 Å². The summed E-state index contributed by atoms with van der Waals surface area (Å²) in [6.45, 7) is 0. The summed E-state index contributed by atoms with van der Waals surface area (Å²) < 4.78 is 0. The maximum Gasteiger partial charge on any atom is 0.339 e. The second kappa shape index (κ2) is 3.16. The molecule has 0 bridgehead atoms.